The monoisotopic (exact) mass is 447 g/mol. The summed E-state index contributed by atoms with van der Waals surface area (Å²) in [6, 6.07) is 12.2. The molecule has 33 heavy (non-hydrogen) atoms. The number of urea groups is 1. The third-order valence-electron chi connectivity index (χ3n) is 6.71. The van der Waals surface area contributed by atoms with Crippen LogP contribution in [0.4, 0.5) is 10.5 Å². The summed E-state index contributed by atoms with van der Waals surface area (Å²) in [6.45, 7) is 3.54. The lowest BCUT2D eigenvalue weighted by atomic mass is 9.90. The first kappa shape index (κ1) is 21.5. The van der Waals surface area contributed by atoms with Crippen molar-refractivity contribution in [2.45, 2.75) is 32.2 Å². The van der Waals surface area contributed by atoms with Crippen molar-refractivity contribution in [3.63, 3.8) is 0 Å². The summed E-state index contributed by atoms with van der Waals surface area (Å²) < 4.78 is 7.04. The summed E-state index contributed by atoms with van der Waals surface area (Å²) in [5.41, 5.74) is 4.22. The minimum atomic E-state index is -0.379. The molecule has 4 heterocycles. The van der Waals surface area contributed by atoms with E-state index in [0.29, 0.717) is 18.9 Å². The second-order valence-electron chi connectivity index (χ2n) is 8.92. The van der Waals surface area contributed by atoms with E-state index >= 15 is 0 Å². The molecule has 1 N–H and O–H groups in total. The predicted molar refractivity (Wildman–Crippen MR) is 125 cm³/mol. The van der Waals surface area contributed by atoms with Crippen LogP contribution in [0, 0.1) is 5.92 Å². The summed E-state index contributed by atoms with van der Waals surface area (Å²) in [5.74, 6) is 1.30. The number of amides is 3. The van der Waals surface area contributed by atoms with Crippen molar-refractivity contribution in [1.82, 2.24) is 19.8 Å². The van der Waals surface area contributed by atoms with E-state index in [1.165, 1.54) is 24.0 Å². The number of fused-ring (bicyclic) bond motifs is 1. The van der Waals surface area contributed by atoms with Gasteiger partial charge in [-0.05, 0) is 73.7 Å². The Kier molecular flexibility index (Phi) is 6.00. The van der Waals surface area contributed by atoms with E-state index in [9.17, 15) is 9.59 Å². The first-order valence-electron chi connectivity index (χ1n) is 11.5. The summed E-state index contributed by atoms with van der Waals surface area (Å²) in [4.78, 5) is 27.9. The molecule has 3 amide bonds. The smallest absolute Gasteiger partial charge is 0.328 e. The second-order valence-corrected chi connectivity index (χ2v) is 8.92. The van der Waals surface area contributed by atoms with Crippen LogP contribution >= 0.6 is 0 Å². The maximum atomic E-state index is 12.3. The van der Waals surface area contributed by atoms with Crippen LogP contribution in [-0.2, 0) is 17.8 Å². The minimum absolute atomic E-state index is 0.230. The molecule has 1 aromatic carbocycles. The van der Waals surface area contributed by atoms with Gasteiger partial charge >= 0.3 is 6.03 Å². The molecule has 2 fully saturated rings. The van der Waals surface area contributed by atoms with E-state index < -0.39 is 0 Å². The first-order valence-corrected chi connectivity index (χ1v) is 11.5. The van der Waals surface area contributed by atoms with Gasteiger partial charge in [0.15, 0.2) is 0 Å². The summed E-state index contributed by atoms with van der Waals surface area (Å²) >= 11 is 0. The van der Waals surface area contributed by atoms with Crippen LogP contribution in [0.1, 0.15) is 30.4 Å². The molecule has 0 aliphatic carbocycles. The molecule has 8 heteroatoms. The number of likely N-dealkylation sites (tertiary alicyclic amines) is 1. The van der Waals surface area contributed by atoms with Crippen LogP contribution in [0.25, 0.3) is 5.52 Å². The molecule has 0 bridgehead atoms. The zero-order chi connectivity index (χ0) is 22.8. The van der Waals surface area contributed by atoms with E-state index in [1.54, 1.807) is 22.7 Å². The van der Waals surface area contributed by atoms with Crippen molar-refractivity contribution < 1.29 is 14.3 Å². The number of ether oxygens (including phenoxy) is 1. The largest absolute Gasteiger partial charge is 0.497 e. The van der Waals surface area contributed by atoms with E-state index in [4.69, 9.17) is 4.74 Å². The van der Waals surface area contributed by atoms with E-state index in [2.05, 4.69) is 39.6 Å². The van der Waals surface area contributed by atoms with Gasteiger partial charge in [-0.2, -0.15) is 5.10 Å². The lowest BCUT2D eigenvalue weighted by Crippen LogP contribution is -2.49. The Morgan fingerprint density at radius 3 is 2.58 bits per heavy atom. The number of hydrogen-bond acceptors (Lipinski definition) is 5. The maximum absolute atomic E-state index is 12.3. The zero-order valence-electron chi connectivity index (χ0n) is 18.9. The van der Waals surface area contributed by atoms with Crippen molar-refractivity contribution in [3.05, 3.63) is 59.9 Å². The van der Waals surface area contributed by atoms with Gasteiger partial charge in [0.1, 0.15) is 5.75 Å². The average Bonchev–Trinajstić information content (AvgIpc) is 3.24. The molecule has 2 aliphatic rings. The quantitative estimate of drug-likeness (QED) is 0.628. The highest BCUT2D eigenvalue weighted by Gasteiger charge is 2.27. The standard InChI is InChI=1S/C25H29N5O3/c1-33-21-4-2-19(3-5-21)17-28-10-6-18(7-11-28)14-20-8-13-30-22(15-20)23(16-26-30)29-12-9-24(31)27-25(29)32/h2-5,8,13,15-16,18H,6-7,9-12,14,17H2,1H3,(H,27,31,32). The predicted octanol–water partition coefficient (Wildman–Crippen LogP) is 3.24. The highest BCUT2D eigenvalue weighted by atomic mass is 16.5. The second kappa shape index (κ2) is 9.23. The van der Waals surface area contributed by atoms with Crippen LogP contribution in [0.15, 0.2) is 48.8 Å². The third kappa shape index (κ3) is 4.71. The highest BCUT2D eigenvalue weighted by molar-refractivity contribution is 6.07. The van der Waals surface area contributed by atoms with Crippen molar-refractivity contribution in [1.29, 1.82) is 0 Å². The summed E-state index contributed by atoms with van der Waals surface area (Å²) in [6.07, 6.45) is 7.32. The van der Waals surface area contributed by atoms with E-state index in [-0.39, 0.29) is 11.9 Å². The number of piperidine rings is 1. The van der Waals surface area contributed by atoms with E-state index in [1.807, 2.05) is 18.3 Å². The topological polar surface area (TPSA) is 79.2 Å². The van der Waals surface area contributed by atoms with Crippen LogP contribution < -0.4 is 15.0 Å². The van der Waals surface area contributed by atoms with Gasteiger partial charge in [0, 0.05) is 25.7 Å². The summed E-state index contributed by atoms with van der Waals surface area (Å²) in [7, 11) is 1.69. The van der Waals surface area contributed by atoms with Gasteiger partial charge < -0.3 is 4.74 Å². The molecule has 8 nitrogen and oxygen atoms in total. The zero-order valence-corrected chi connectivity index (χ0v) is 18.9. The number of aromatic nitrogens is 2. The van der Waals surface area contributed by atoms with Crippen LogP contribution in [0.3, 0.4) is 0 Å². The molecule has 5 rings (SSSR count). The SMILES string of the molecule is COc1ccc(CN2CCC(Cc3ccn4ncc(N5CCC(=O)NC5=O)c4c3)CC2)cc1. The number of anilines is 1. The number of nitrogens with zero attached hydrogens (tertiary/aromatic N) is 4. The Hall–Kier alpha value is -3.39. The number of methoxy groups -OCH3 is 1. The van der Waals surface area contributed by atoms with Gasteiger partial charge in [-0.15, -0.1) is 0 Å². The van der Waals surface area contributed by atoms with Gasteiger partial charge in [-0.1, -0.05) is 12.1 Å². The number of rotatable bonds is 6. The lowest BCUT2D eigenvalue weighted by Gasteiger charge is -2.32. The average molecular weight is 448 g/mol. The molecule has 0 radical (unpaired) electrons. The van der Waals surface area contributed by atoms with Gasteiger partial charge in [-0.3, -0.25) is 19.9 Å². The Balaban J connectivity index is 1.21. The molecule has 0 atom stereocenters. The van der Waals surface area contributed by atoms with Crippen LogP contribution in [0.2, 0.25) is 0 Å². The van der Waals surface area contributed by atoms with E-state index in [0.717, 1.165) is 43.0 Å². The summed E-state index contributed by atoms with van der Waals surface area (Å²) in [5, 5.41) is 6.78. The van der Waals surface area contributed by atoms with Gasteiger partial charge in [0.05, 0.1) is 24.5 Å². The van der Waals surface area contributed by atoms with Crippen LogP contribution in [0.5, 0.6) is 5.75 Å². The van der Waals surface area contributed by atoms with Gasteiger partial charge in [0.25, 0.3) is 0 Å². The molecule has 0 unspecified atom stereocenters. The fraction of sp³-hybridized carbons (Fsp3) is 0.400. The first-order chi connectivity index (χ1) is 16.1. The maximum Gasteiger partial charge on any atom is 0.328 e. The highest BCUT2D eigenvalue weighted by Crippen LogP contribution is 2.27. The number of imide groups is 1. The minimum Gasteiger partial charge on any atom is -0.497 e. The normalized spacial score (nSPS) is 18.0. The van der Waals surface area contributed by atoms with Crippen LogP contribution in [-0.4, -0.2) is 53.2 Å². The number of pyridine rings is 1. The Morgan fingerprint density at radius 2 is 1.85 bits per heavy atom. The Bertz CT molecular complexity index is 1150. The number of carbonyl (C=O) groups is 2. The Morgan fingerprint density at radius 1 is 1.06 bits per heavy atom. The number of benzene rings is 1. The lowest BCUT2D eigenvalue weighted by molar-refractivity contribution is -0.120. The molecule has 172 valence electrons. The van der Waals surface area contributed by atoms with Crippen molar-refractivity contribution in [2.24, 2.45) is 5.92 Å². The van der Waals surface area contributed by atoms with Crippen molar-refractivity contribution in [3.8, 4) is 5.75 Å². The molecule has 2 aliphatic heterocycles. The number of carbonyl (C=O) groups excluding carboxylic acids is 2. The molecule has 3 aromatic rings. The third-order valence-corrected chi connectivity index (χ3v) is 6.71. The molecule has 2 aromatic heterocycles. The molecular formula is C25H29N5O3. The Labute approximate surface area is 193 Å². The fourth-order valence-corrected chi connectivity index (χ4v) is 4.81. The van der Waals surface area contributed by atoms with Gasteiger partial charge in [-0.25, -0.2) is 9.31 Å². The number of nitrogens with one attached hydrogen (secondary N) is 1. The fourth-order valence-electron chi connectivity index (χ4n) is 4.81. The van der Waals surface area contributed by atoms with Gasteiger partial charge in [0.2, 0.25) is 5.91 Å². The molecule has 2 saturated heterocycles. The molecular weight excluding hydrogens is 418 g/mol. The van der Waals surface area contributed by atoms with Crippen molar-refractivity contribution in [2.75, 3.05) is 31.6 Å². The molecule has 0 spiro atoms. The number of hydrogen-bond donors (Lipinski definition) is 1. The molecule has 0 saturated carbocycles. The van der Waals surface area contributed by atoms with Crippen molar-refractivity contribution >= 4 is 23.1 Å².